The van der Waals surface area contributed by atoms with Crippen LogP contribution in [0.1, 0.15) is 10.4 Å². The van der Waals surface area contributed by atoms with Gasteiger partial charge in [-0.15, -0.1) is 0 Å². The van der Waals surface area contributed by atoms with Crippen molar-refractivity contribution >= 4 is 33.6 Å². The fourth-order valence-corrected chi connectivity index (χ4v) is 2.90. The van der Waals surface area contributed by atoms with Crippen LogP contribution in [0.2, 0.25) is 0 Å². The van der Waals surface area contributed by atoms with Crippen molar-refractivity contribution in [2.24, 2.45) is 0 Å². The van der Waals surface area contributed by atoms with E-state index in [1.807, 2.05) is 30.3 Å². The molecule has 1 fully saturated rings. The molecule has 0 bridgehead atoms. The van der Waals surface area contributed by atoms with Crippen molar-refractivity contribution in [3.63, 3.8) is 0 Å². The third-order valence-electron chi connectivity index (χ3n) is 3.73. The second-order valence-corrected chi connectivity index (χ2v) is 6.41. The van der Waals surface area contributed by atoms with Gasteiger partial charge in [0.15, 0.2) is 0 Å². The van der Waals surface area contributed by atoms with Crippen LogP contribution in [0.3, 0.4) is 0 Å². The smallest absolute Gasteiger partial charge is 0.321 e. The number of nitrogens with one attached hydrogen (secondary N) is 2. The number of ether oxygens (including phenoxy) is 1. The summed E-state index contributed by atoms with van der Waals surface area (Å²) in [6, 6.07) is 14.4. The monoisotopic (exact) mass is 403 g/mol. The van der Waals surface area contributed by atoms with Gasteiger partial charge in [0.1, 0.15) is 12.4 Å². The van der Waals surface area contributed by atoms with Gasteiger partial charge in [-0.25, -0.2) is 4.79 Å². The van der Waals surface area contributed by atoms with E-state index in [-0.39, 0.29) is 11.9 Å². The summed E-state index contributed by atoms with van der Waals surface area (Å²) < 4.78 is 6.53. The summed E-state index contributed by atoms with van der Waals surface area (Å²) in [7, 11) is 0. The molecule has 25 heavy (non-hydrogen) atoms. The molecule has 2 aromatic rings. The number of benzene rings is 2. The summed E-state index contributed by atoms with van der Waals surface area (Å²) in [5.41, 5.74) is 1.23. The topological polar surface area (TPSA) is 70.7 Å². The number of carbonyl (C=O) groups is 2. The normalized spacial score (nSPS) is 13.5. The Bertz CT molecular complexity index is 782. The van der Waals surface area contributed by atoms with Crippen LogP contribution in [0.25, 0.3) is 0 Å². The van der Waals surface area contributed by atoms with Crippen molar-refractivity contribution in [3.8, 4) is 5.75 Å². The number of carbonyl (C=O) groups excluding carboxylic acids is 2. The predicted octanol–water partition coefficient (Wildman–Crippen LogP) is 2.79. The SMILES string of the molecule is O=C(NCCOc1cccc(Br)c1)c1cccc(N2CCNC2=O)c1. The molecule has 1 aliphatic rings. The van der Waals surface area contributed by atoms with E-state index >= 15 is 0 Å². The summed E-state index contributed by atoms with van der Waals surface area (Å²) in [6.45, 7) is 1.97. The quantitative estimate of drug-likeness (QED) is 0.728. The Morgan fingerprint density at radius 3 is 2.84 bits per heavy atom. The van der Waals surface area contributed by atoms with E-state index in [9.17, 15) is 9.59 Å². The van der Waals surface area contributed by atoms with Gasteiger partial charge in [-0.05, 0) is 36.4 Å². The van der Waals surface area contributed by atoms with Crippen LogP contribution in [0.15, 0.2) is 53.0 Å². The minimum absolute atomic E-state index is 0.139. The highest BCUT2D eigenvalue weighted by Gasteiger charge is 2.21. The van der Waals surface area contributed by atoms with E-state index in [1.54, 1.807) is 23.1 Å². The predicted molar refractivity (Wildman–Crippen MR) is 99.2 cm³/mol. The van der Waals surface area contributed by atoms with Crippen molar-refractivity contribution in [2.75, 3.05) is 31.1 Å². The van der Waals surface area contributed by atoms with Gasteiger partial charge >= 0.3 is 6.03 Å². The van der Waals surface area contributed by atoms with Gasteiger partial charge < -0.3 is 15.4 Å². The molecule has 6 nitrogen and oxygen atoms in total. The van der Waals surface area contributed by atoms with Gasteiger partial charge in [-0.1, -0.05) is 28.1 Å². The summed E-state index contributed by atoms with van der Waals surface area (Å²) in [4.78, 5) is 25.6. The Morgan fingerprint density at radius 1 is 1.24 bits per heavy atom. The van der Waals surface area contributed by atoms with E-state index < -0.39 is 0 Å². The maximum absolute atomic E-state index is 12.3. The number of hydrogen-bond donors (Lipinski definition) is 2. The molecule has 130 valence electrons. The lowest BCUT2D eigenvalue weighted by molar-refractivity contribution is 0.0947. The highest BCUT2D eigenvalue weighted by molar-refractivity contribution is 9.10. The molecule has 0 aliphatic carbocycles. The van der Waals surface area contributed by atoms with Crippen LogP contribution in [0.4, 0.5) is 10.5 Å². The molecule has 0 atom stereocenters. The third kappa shape index (κ3) is 4.51. The zero-order valence-corrected chi connectivity index (χ0v) is 15.1. The van der Waals surface area contributed by atoms with Gasteiger partial charge in [-0.3, -0.25) is 9.69 Å². The molecule has 0 spiro atoms. The van der Waals surface area contributed by atoms with Gasteiger partial charge in [0.2, 0.25) is 0 Å². The lowest BCUT2D eigenvalue weighted by Crippen LogP contribution is -2.29. The van der Waals surface area contributed by atoms with Crippen molar-refractivity contribution in [1.82, 2.24) is 10.6 Å². The number of nitrogens with zero attached hydrogens (tertiary/aromatic N) is 1. The molecule has 7 heteroatoms. The first-order chi connectivity index (χ1) is 12.1. The fraction of sp³-hybridized carbons (Fsp3) is 0.222. The van der Waals surface area contributed by atoms with Crippen LogP contribution in [0.5, 0.6) is 5.75 Å². The minimum atomic E-state index is -0.195. The van der Waals surface area contributed by atoms with Crippen LogP contribution in [0, 0.1) is 0 Å². The molecule has 0 aromatic heterocycles. The minimum Gasteiger partial charge on any atom is -0.492 e. The Kier molecular flexibility index (Phi) is 5.55. The second-order valence-electron chi connectivity index (χ2n) is 5.50. The molecule has 0 unspecified atom stereocenters. The number of rotatable bonds is 6. The summed E-state index contributed by atoms with van der Waals surface area (Å²) in [5, 5.41) is 5.56. The number of anilines is 1. The van der Waals surface area contributed by atoms with Crippen molar-refractivity contribution in [3.05, 3.63) is 58.6 Å². The van der Waals surface area contributed by atoms with E-state index in [4.69, 9.17) is 4.74 Å². The van der Waals surface area contributed by atoms with E-state index in [1.165, 1.54) is 0 Å². The molecule has 1 heterocycles. The Balaban J connectivity index is 1.52. The molecular weight excluding hydrogens is 386 g/mol. The maximum atomic E-state index is 12.3. The van der Waals surface area contributed by atoms with Gasteiger partial charge in [0, 0.05) is 28.8 Å². The molecule has 3 rings (SSSR count). The summed E-state index contributed by atoms with van der Waals surface area (Å²) in [5.74, 6) is 0.546. The highest BCUT2D eigenvalue weighted by atomic mass is 79.9. The highest BCUT2D eigenvalue weighted by Crippen LogP contribution is 2.19. The van der Waals surface area contributed by atoms with E-state index in [2.05, 4.69) is 26.6 Å². The number of hydrogen-bond acceptors (Lipinski definition) is 3. The number of urea groups is 1. The fourth-order valence-electron chi connectivity index (χ4n) is 2.53. The van der Waals surface area contributed by atoms with Gasteiger partial charge in [0.25, 0.3) is 5.91 Å². The van der Waals surface area contributed by atoms with Gasteiger partial charge in [-0.2, -0.15) is 0 Å². The average molecular weight is 404 g/mol. The average Bonchev–Trinajstić information content (AvgIpc) is 3.05. The first-order valence-corrected chi connectivity index (χ1v) is 8.75. The maximum Gasteiger partial charge on any atom is 0.321 e. The molecule has 2 N–H and O–H groups in total. The Morgan fingerprint density at radius 2 is 2.08 bits per heavy atom. The van der Waals surface area contributed by atoms with E-state index in [0.717, 1.165) is 10.2 Å². The number of halogens is 1. The second kappa shape index (κ2) is 8.02. The van der Waals surface area contributed by atoms with Gasteiger partial charge in [0.05, 0.1) is 6.54 Å². The van der Waals surface area contributed by atoms with Crippen LogP contribution in [-0.4, -0.2) is 38.2 Å². The summed E-state index contributed by atoms with van der Waals surface area (Å²) >= 11 is 3.38. The lowest BCUT2D eigenvalue weighted by Gasteiger charge is -2.15. The third-order valence-corrected chi connectivity index (χ3v) is 4.22. The van der Waals surface area contributed by atoms with Crippen molar-refractivity contribution < 1.29 is 14.3 Å². The standard InChI is InChI=1S/C18H18BrN3O3/c19-14-4-2-6-16(12-14)25-10-8-20-17(23)13-3-1-5-15(11-13)22-9-7-21-18(22)24/h1-6,11-12H,7-10H2,(H,20,23)(H,21,24). The molecular formula is C18H18BrN3O3. The van der Waals surface area contributed by atoms with Crippen LogP contribution < -0.4 is 20.3 Å². The first kappa shape index (κ1) is 17.3. The summed E-state index contributed by atoms with van der Waals surface area (Å²) in [6.07, 6.45) is 0. The lowest BCUT2D eigenvalue weighted by atomic mass is 10.1. The molecule has 0 saturated carbocycles. The molecule has 2 aromatic carbocycles. The van der Waals surface area contributed by atoms with Crippen molar-refractivity contribution in [1.29, 1.82) is 0 Å². The molecule has 0 radical (unpaired) electrons. The zero-order valence-electron chi connectivity index (χ0n) is 13.5. The largest absolute Gasteiger partial charge is 0.492 e. The van der Waals surface area contributed by atoms with E-state index in [0.29, 0.717) is 37.5 Å². The molecule has 1 aliphatic heterocycles. The zero-order chi connectivity index (χ0) is 17.6. The Labute approximate surface area is 154 Å². The Hall–Kier alpha value is -2.54. The van der Waals surface area contributed by atoms with Crippen LogP contribution in [-0.2, 0) is 0 Å². The first-order valence-electron chi connectivity index (χ1n) is 7.95. The van der Waals surface area contributed by atoms with Crippen LogP contribution >= 0.6 is 15.9 Å². The number of amides is 3. The van der Waals surface area contributed by atoms with Crippen molar-refractivity contribution in [2.45, 2.75) is 0 Å². The molecule has 1 saturated heterocycles. The molecule has 3 amide bonds.